The van der Waals surface area contributed by atoms with Crippen molar-refractivity contribution in [1.82, 2.24) is 9.47 Å². The van der Waals surface area contributed by atoms with Crippen molar-refractivity contribution in [3.63, 3.8) is 0 Å². The molecular formula is C13H20N2O2. The van der Waals surface area contributed by atoms with E-state index in [0.717, 1.165) is 12.1 Å². The number of hydrogen-bond donors (Lipinski definition) is 0. The van der Waals surface area contributed by atoms with Gasteiger partial charge in [0.1, 0.15) is 0 Å². The van der Waals surface area contributed by atoms with Crippen LogP contribution in [0.2, 0.25) is 0 Å². The van der Waals surface area contributed by atoms with Crippen molar-refractivity contribution in [3.8, 4) is 0 Å². The van der Waals surface area contributed by atoms with Crippen molar-refractivity contribution in [2.24, 2.45) is 7.05 Å². The van der Waals surface area contributed by atoms with E-state index in [1.165, 1.54) is 0 Å². The molecule has 17 heavy (non-hydrogen) atoms. The summed E-state index contributed by atoms with van der Waals surface area (Å²) in [4.78, 5) is 14.3. The molecular weight excluding hydrogens is 216 g/mol. The van der Waals surface area contributed by atoms with Crippen molar-refractivity contribution in [2.45, 2.75) is 26.0 Å². The fourth-order valence-corrected chi connectivity index (χ4v) is 2.14. The fraction of sp³-hybridized carbons (Fsp3) is 0.615. The highest BCUT2D eigenvalue weighted by Crippen LogP contribution is 2.12. The Kier molecular flexibility index (Phi) is 3.64. The molecule has 1 saturated heterocycles. The summed E-state index contributed by atoms with van der Waals surface area (Å²) in [6, 6.07) is 2.19. The zero-order valence-electron chi connectivity index (χ0n) is 10.7. The van der Waals surface area contributed by atoms with E-state index in [1.807, 2.05) is 37.0 Å². The van der Waals surface area contributed by atoms with Gasteiger partial charge >= 0.3 is 0 Å². The standard InChI is InChI=1S/C13H20N2O2/c1-10-9-17-11(2)6-15(10)8-13(16)12-4-5-14(3)7-12/h4-5,7,10-11H,6,8-9H2,1-3H3. The first-order valence-corrected chi connectivity index (χ1v) is 6.07. The molecule has 0 radical (unpaired) electrons. The number of rotatable bonds is 3. The Hall–Kier alpha value is -1.13. The van der Waals surface area contributed by atoms with Crippen molar-refractivity contribution in [3.05, 3.63) is 24.0 Å². The van der Waals surface area contributed by atoms with Gasteiger partial charge < -0.3 is 9.30 Å². The van der Waals surface area contributed by atoms with Gasteiger partial charge in [0, 0.05) is 37.6 Å². The molecule has 2 atom stereocenters. The predicted molar refractivity (Wildman–Crippen MR) is 66.2 cm³/mol. The number of nitrogens with zero attached hydrogens (tertiary/aromatic N) is 2. The van der Waals surface area contributed by atoms with Crippen molar-refractivity contribution < 1.29 is 9.53 Å². The van der Waals surface area contributed by atoms with Crippen LogP contribution in [-0.2, 0) is 11.8 Å². The minimum Gasteiger partial charge on any atom is -0.376 e. The number of aromatic nitrogens is 1. The largest absolute Gasteiger partial charge is 0.376 e. The molecule has 4 heteroatoms. The molecule has 0 saturated carbocycles. The molecule has 2 unspecified atom stereocenters. The van der Waals surface area contributed by atoms with Crippen LogP contribution in [0.1, 0.15) is 24.2 Å². The Bertz CT molecular complexity index is 400. The van der Waals surface area contributed by atoms with Gasteiger partial charge in [-0.1, -0.05) is 0 Å². The summed E-state index contributed by atoms with van der Waals surface area (Å²) >= 11 is 0. The molecule has 2 rings (SSSR count). The van der Waals surface area contributed by atoms with E-state index in [4.69, 9.17) is 4.74 Å². The normalized spacial score (nSPS) is 26.1. The summed E-state index contributed by atoms with van der Waals surface area (Å²) in [7, 11) is 1.93. The average Bonchev–Trinajstić information content (AvgIpc) is 2.70. The molecule has 0 aliphatic carbocycles. The second-order valence-electron chi connectivity index (χ2n) is 4.91. The molecule has 0 N–H and O–H groups in total. The van der Waals surface area contributed by atoms with Crippen molar-refractivity contribution >= 4 is 5.78 Å². The van der Waals surface area contributed by atoms with Crippen molar-refractivity contribution in [1.29, 1.82) is 0 Å². The van der Waals surface area contributed by atoms with E-state index in [2.05, 4.69) is 11.8 Å². The number of ether oxygens (including phenoxy) is 1. The topological polar surface area (TPSA) is 34.5 Å². The van der Waals surface area contributed by atoms with E-state index in [9.17, 15) is 4.79 Å². The Morgan fingerprint density at radius 1 is 1.53 bits per heavy atom. The van der Waals surface area contributed by atoms with E-state index >= 15 is 0 Å². The minimum absolute atomic E-state index is 0.187. The molecule has 0 bridgehead atoms. The molecule has 1 aromatic heterocycles. The zero-order chi connectivity index (χ0) is 12.4. The van der Waals surface area contributed by atoms with Crippen LogP contribution >= 0.6 is 0 Å². The van der Waals surface area contributed by atoms with Crippen LogP contribution in [0.3, 0.4) is 0 Å². The molecule has 94 valence electrons. The average molecular weight is 236 g/mol. The summed E-state index contributed by atoms with van der Waals surface area (Å²) < 4.78 is 7.46. The summed E-state index contributed by atoms with van der Waals surface area (Å²) in [6.07, 6.45) is 3.99. The molecule has 1 fully saturated rings. The minimum atomic E-state index is 0.187. The SMILES string of the molecule is CC1CN(CC(=O)c2ccn(C)c2)C(C)CO1. The van der Waals surface area contributed by atoms with Crippen LogP contribution in [0.25, 0.3) is 0 Å². The Morgan fingerprint density at radius 2 is 2.29 bits per heavy atom. The van der Waals surface area contributed by atoms with Gasteiger partial charge in [0.25, 0.3) is 0 Å². The maximum absolute atomic E-state index is 12.1. The Balaban J connectivity index is 1.98. The number of carbonyl (C=O) groups is 1. The maximum atomic E-state index is 12.1. The molecule has 4 nitrogen and oxygen atoms in total. The summed E-state index contributed by atoms with van der Waals surface area (Å²) in [5.74, 6) is 0.187. The van der Waals surface area contributed by atoms with E-state index < -0.39 is 0 Å². The monoisotopic (exact) mass is 236 g/mol. The highest BCUT2D eigenvalue weighted by molar-refractivity contribution is 5.97. The number of hydrogen-bond acceptors (Lipinski definition) is 3. The number of Topliss-reactive ketones (excluding diaryl/α,β-unsaturated/α-hetero) is 1. The molecule has 1 aromatic rings. The van der Waals surface area contributed by atoms with Crippen LogP contribution in [0.5, 0.6) is 0 Å². The van der Waals surface area contributed by atoms with Gasteiger partial charge in [-0.15, -0.1) is 0 Å². The van der Waals surface area contributed by atoms with Gasteiger partial charge in [-0.2, -0.15) is 0 Å². The Morgan fingerprint density at radius 3 is 2.94 bits per heavy atom. The quantitative estimate of drug-likeness (QED) is 0.742. The van der Waals surface area contributed by atoms with Crippen LogP contribution in [-0.4, -0.2) is 47.1 Å². The first-order valence-electron chi connectivity index (χ1n) is 6.07. The van der Waals surface area contributed by atoms with Crippen LogP contribution in [0, 0.1) is 0 Å². The molecule has 1 aliphatic heterocycles. The fourth-order valence-electron chi connectivity index (χ4n) is 2.14. The number of aryl methyl sites for hydroxylation is 1. The third-order valence-electron chi connectivity index (χ3n) is 3.24. The molecule has 0 spiro atoms. The maximum Gasteiger partial charge on any atom is 0.178 e. The lowest BCUT2D eigenvalue weighted by atomic mass is 10.1. The second kappa shape index (κ2) is 5.02. The lowest BCUT2D eigenvalue weighted by molar-refractivity contribution is -0.0460. The molecule has 2 heterocycles. The first kappa shape index (κ1) is 12.3. The second-order valence-corrected chi connectivity index (χ2v) is 4.91. The smallest absolute Gasteiger partial charge is 0.178 e. The number of carbonyl (C=O) groups excluding carboxylic acids is 1. The molecule has 0 amide bonds. The summed E-state index contributed by atoms with van der Waals surface area (Å²) in [5, 5.41) is 0. The summed E-state index contributed by atoms with van der Waals surface area (Å²) in [6.45, 7) is 6.18. The molecule has 1 aliphatic rings. The van der Waals surface area contributed by atoms with Gasteiger partial charge in [0.2, 0.25) is 0 Å². The van der Waals surface area contributed by atoms with Crippen LogP contribution < -0.4 is 0 Å². The van der Waals surface area contributed by atoms with Crippen LogP contribution in [0.4, 0.5) is 0 Å². The first-order chi connectivity index (χ1) is 8.06. The van der Waals surface area contributed by atoms with Gasteiger partial charge in [0.05, 0.1) is 19.3 Å². The van der Waals surface area contributed by atoms with Gasteiger partial charge in [-0.05, 0) is 19.9 Å². The van der Waals surface area contributed by atoms with E-state index in [1.54, 1.807) is 0 Å². The predicted octanol–water partition coefficient (Wildman–Crippen LogP) is 1.32. The van der Waals surface area contributed by atoms with E-state index in [-0.39, 0.29) is 11.9 Å². The lowest BCUT2D eigenvalue weighted by Crippen LogP contribution is -2.49. The van der Waals surface area contributed by atoms with E-state index in [0.29, 0.717) is 19.2 Å². The number of morpholine rings is 1. The zero-order valence-corrected chi connectivity index (χ0v) is 10.7. The van der Waals surface area contributed by atoms with Crippen LogP contribution in [0.15, 0.2) is 18.5 Å². The highest BCUT2D eigenvalue weighted by atomic mass is 16.5. The summed E-state index contributed by atoms with van der Waals surface area (Å²) in [5.41, 5.74) is 0.791. The van der Waals surface area contributed by atoms with Gasteiger partial charge in [0.15, 0.2) is 5.78 Å². The third kappa shape index (κ3) is 2.96. The Labute approximate surface area is 102 Å². The van der Waals surface area contributed by atoms with Gasteiger partial charge in [-0.25, -0.2) is 0 Å². The van der Waals surface area contributed by atoms with Crippen molar-refractivity contribution in [2.75, 3.05) is 19.7 Å². The van der Waals surface area contributed by atoms with Gasteiger partial charge in [-0.3, -0.25) is 9.69 Å². The lowest BCUT2D eigenvalue weighted by Gasteiger charge is -2.36. The highest BCUT2D eigenvalue weighted by Gasteiger charge is 2.25. The molecule has 0 aromatic carbocycles. The number of ketones is 1. The third-order valence-corrected chi connectivity index (χ3v) is 3.24.